The molecule has 0 bridgehead atoms. The van der Waals surface area contributed by atoms with Gasteiger partial charge in [0.2, 0.25) is 0 Å². The molecule has 1 atom stereocenters. The summed E-state index contributed by atoms with van der Waals surface area (Å²) in [7, 11) is 2.09. The van der Waals surface area contributed by atoms with E-state index in [0.29, 0.717) is 5.89 Å². The number of aromatic nitrogens is 2. The van der Waals surface area contributed by atoms with E-state index in [1.807, 2.05) is 0 Å². The Morgan fingerprint density at radius 2 is 2.39 bits per heavy atom. The van der Waals surface area contributed by atoms with E-state index in [1.165, 1.54) is 5.56 Å². The van der Waals surface area contributed by atoms with Gasteiger partial charge in [0, 0.05) is 25.0 Å². The van der Waals surface area contributed by atoms with E-state index >= 15 is 0 Å². The summed E-state index contributed by atoms with van der Waals surface area (Å²) in [6.07, 6.45) is 0. The molecule has 1 unspecified atom stereocenters. The number of hydrogen-bond acceptors (Lipinski definition) is 6. The van der Waals surface area contributed by atoms with Gasteiger partial charge in [0.15, 0.2) is 5.82 Å². The number of hydrogen-bond donors (Lipinski definition) is 1. The van der Waals surface area contributed by atoms with Crippen LogP contribution in [0.3, 0.4) is 0 Å². The standard InChI is InChI=1S/C12H16N4OS/c1-8-6-18-7-9(8)12-14-11(15-17-12)10-5-13-3-4-16(10)2/h6-7,10,13H,3-5H2,1-2H3. The van der Waals surface area contributed by atoms with Gasteiger partial charge >= 0.3 is 0 Å². The second-order valence-corrected chi connectivity index (χ2v) is 5.37. The maximum Gasteiger partial charge on any atom is 0.259 e. The van der Waals surface area contributed by atoms with Crippen LogP contribution in [0, 0.1) is 6.92 Å². The molecule has 0 radical (unpaired) electrons. The first-order valence-electron chi connectivity index (χ1n) is 6.03. The van der Waals surface area contributed by atoms with Crippen molar-refractivity contribution in [3.05, 3.63) is 22.1 Å². The van der Waals surface area contributed by atoms with Gasteiger partial charge in [-0.25, -0.2) is 0 Å². The van der Waals surface area contributed by atoms with Crippen LogP contribution in [-0.4, -0.2) is 41.7 Å². The topological polar surface area (TPSA) is 54.2 Å². The minimum absolute atomic E-state index is 0.204. The predicted molar refractivity (Wildman–Crippen MR) is 70.6 cm³/mol. The first kappa shape index (κ1) is 11.8. The molecule has 0 aliphatic carbocycles. The molecule has 1 saturated heterocycles. The third-order valence-electron chi connectivity index (χ3n) is 3.34. The molecule has 18 heavy (non-hydrogen) atoms. The predicted octanol–water partition coefficient (Wildman–Crippen LogP) is 1.68. The number of nitrogens with one attached hydrogen (secondary N) is 1. The van der Waals surface area contributed by atoms with Crippen LogP contribution < -0.4 is 5.32 Å². The Kier molecular flexibility index (Phi) is 3.15. The van der Waals surface area contributed by atoms with Gasteiger partial charge in [0.05, 0.1) is 11.6 Å². The molecular formula is C12H16N4OS. The maximum absolute atomic E-state index is 5.38. The first-order valence-corrected chi connectivity index (χ1v) is 6.97. The average molecular weight is 264 g/mol. The van der Waals surface area contributed by atoms with Crippen LogP contribution in [0.2, 0.25) is 0 Å². The van der Waals surface area contributed by atoms with Crippen molar-refractivity contribution in [2.24, 2.45) is 0 Å². The van der Waals surface area contributed by atoms with Crippen molar-refractivity contribution in [1.82, 2.24) is 20.4 Å². The smallest absolute Gasteiger partial charge is 0.259 e. The van der Waals surface area contributed by atoms with Gasteiger partial charge in [0.25, 0.3) is 5.89 Å². The van der Waals surface area contributed by atoms with Crippen molar-refractivity contribution in [2.75, 3.05) is 26.7 Å². The fourth-order valence-corrected chi connectivity index (χ4v) is 2.98. The Hall–Kier alpha value is -1.24. The van der Waals surface area contributed by atoms with E-state index in [9.17, 15) is 0 Å². The van der Waals surface area contributed by atoms with Gasteiger partial charge in [-0.1, -0.05) is 5.16 Å². The fraction of sp³-hybridized carbons (Fsp3) is 0.500. The van der Waals surface area contributed by atoms with E-state index in [0.717, 1.165) is 31.0 Å². The highest BCUT2D eigenvalue weighted by Gasteiger charge is 2.25. The van der Waals surface area contributed by atoms with Crippen LogP contribution in [-0.2, 0) is 0 Å². The Balaban J connectivity index is 1.87. The molecule has 1 fully saturated rings. The Bertz CT molecular complexity index is 536. The van der Waals surface area contributed by atoms with Crippen LogP contribution >= 0.6 is 11.3 Å². The molecule has 0 amide bonds. The van der Waals surface area contributed by atoms with Crippen molar-refractivity contribution in [2.45, 2.75) is 13.0 Å². The molecule has 1 aliphatic rings. The summed E-state index contributed by atoms with van der Waals surface area (Å²) >= 11 is 1.66. The largest absolute Gasteiger partial charge is 0.334 e. The normalized spacial score (nSPS) is 21.3. The molecule has 1 aliphatic heterocycles. The molecule has 2 aromatic rings. The molecule has 2 aromatic heterocycles. The van der Waals surface area contributed by atoms with Crippen molar-refractivity contribution >= 4 is 11.3 Å². The van der Waals surface area contributed by atoms with E-state index in [2.05, 4.69) is 45.1 Å². The van der Waals surface area contributed by atoms with E-state index in [4.69, 9.17) is 4.52 Å². The molecular weight excluding hydrogens is 248 g/mol. The molecule has 0 spiro atoms. The molecule has 6 heteroatoms. The summed E-state index contributed by atoms with van der Waals surface area (Å²) in [6.45, 7) is 4.95. The molecule has 0 aromatic carbocycles. The third kappa shape index (κ3) is 2.07. The monoisotopic (exact) mass is 264 g/mol. The van der Waals surface area contributed by atoms with Gasteiger partial charge in [0.1, 0.15) is 0 Å². The van der Waals surface area contributed by atoms with Crippen molar-refractivity contribution in [3.63, 3.8) is 0 Å². The molecule has 5 nitrogen and oxygen atoms in total. The van der Waals surface area contributed by atoms with Crippen molar-refractivity contribution in [1.29, 1.82) is 0 Å². The number of rotatable bonds is 2. The van der Waals surface area contributed by atoms with Crippen LogP contribution in [0.4, 0.5) is 0 Å². The lowest BCUT2D eigenvalue weighted by Crippen LogP contribution is -2.44. The van der Waals surface area contributed by atoms with E-state index < -0.39 is 0 Å². The van der Waals surface area contributed by atoms with Crippen LogP contribution in [0.1, 0.15) is 17.4 Å². The third-order valence-corrected chi connectivity index (χ3v) is 4.20. The zero-order valence-corrected chi connectivity index (χ0v) is 11.3. The summed E-state index contributed by atoms with van der Waals surface area (Å²) in [5.74, 6) is 1.40. The Morgan fingerprint density at radius 3 is 3.11 bits per heavy atom. The molecule has 3 rings (SSSR count). The second-order valence-electron chi connectivity index (χ2n) is 4.63. The maximum atomic E-state index is 5.38. The number of piperazine rings is 1. The average Bonchev–Trinajstić information content (AvgIpc) is 2.98. The lowest BCUT2D eigenvalue weighted by molar-refractivity contribution is 0.190. The molecule has 96 valence electrons. The number of nitrogens with zero attached hydrogens (tertiary/aromatic N) is 3. The minimum Gasteiger partial charge on any atom is -0.334 e. The molecule has 1 N–H and O–H groups in total. The van der Waals surface area contributed by atoms with Crippen LogP contribution in [0.5, 0.6) is 0 Å². The van der Waals surface area contributed by atoms with Crippen LogP contribution in [0.15, 0.2) is 15.3 Å². The van der Waals surface area contributed by atoms with Gasteiger partial charge in [-0.15, -0.1) is 0 Å². The van der Waals surface area contributed by atoms with Gasteiger partial charge < -0.3 is 9.84 Å². The zero-order valence-electron chi connectivity index (χ0n) is 10.5. The molecule has 3 heterocycles. The number of thiophene rings is 1. The zero-order chi connectivity index (χ0) is 12.5. The fourth-order valence-electron chi connectivity index (χ4n) is 2.15. The van der Waals surface area contributed by atoms with E-state index in [-0.39, 0.29) is 6.04 Å². The summed E-state index contributed by atoms with van der Waals surface area (Å²) < 4.78 is 5.38. The summed E-state index contributed by atoms with van der Waals surface area (Å²) in [5.41, 5.74) is 2.23. The van der Waals surface area contributed by atoms with Crippen LogP contribution in [0.25, 0.3) is 11.5 Å². The quantitative estimate of drug-likeness (QED) is 0.894. The highest BCUT2D eigenvalue weighted by Crippen LogP contribution is 2.27. The summed E-state index contributed by atoms with van der Waals surface area (Å²) in [6, 6.07) is 0.204. The highest BCUT2D eigenvalue weighted by molar-refractivity contribution is 7.08. The van der Waals surface area contributed by atoms with Gasteiger partial charge in [-0.3, -0.25) is 4.90 Å². The first-order chi connectivity index (χ1) is 8.75. The van der Waals surface area contributed by atoms with Gasteiger partial charge in [-0.05, 0) is 24.9 Å². The van der Waals surface area contributed by atoms with Crippen molar-refractivity contribution < 1.29 is 4.52 Å². The van der Waals surface area contributed by atoms with Crippen molar-refractivity contribution in [3.8, 4) is 11.5 Å². The Labute approximate surface area is 110 Å². The SMILES string of the molecule is Cc1cscc1-c1nc(C2CNCCN2C)no1. The van der Waals surface area contributed by atoms with Gasteiger partial charge in [-0.2, -0.15) is 16.3 Å². The number of likely N-dealkylation sites (N-methyl/N-ethyl adjacent to an activating group) is 1. The molecule has 0 saturated carbocycles. The number of aryl methyl sites for hydroxylation is 1. The van der Waals surface area contributed by atoms with E-state index in [1.54, 1.807) is 11.3 Å². The summed E-state index contributed by atoms with van der Waals surface area (Å²) in [4.78, 5) is 6.79. The lowest BCUT2D eigenvalue weighted by Gasteiger charge is -2.30. The minimum atomic E-state index is 0.204. The highest BCUT2D eigenvalue weighted by atomic mass is 32.1. The summed E-state index contributed by atoms with van der Waals surface area (Å²) in [5, 5.41) is 11.6. The Morgan fingerprint density at radius 1 is 1.50 bits per heavy atom. The lowest BCUT2D eigenvalue weighted by atomic mass is 10.2. The second kappa shape index (κ2) is 4.79.